The first kappa shape index (κ1) is 31.5. The maximum atomic E-state index is 13.7. The lowest BCUT2D eigenvalue weighted by Crippen LogP contribution is -2.42. The molecule has 0 aliphatic carbocycles. The first-order valence-electron chi connectivity index (χ1n) is 14.5. The molecule has 2 aromatic carbocycles. The van der Waals surface area contributed by atoms with Gasteiger partial charge in [-0.2, -0.15) is 4.31 Å². The third-order valence-corrected chi connectivity index (χ3v) is 10.1. The minimum atomic E-state index is -3.78. The van der Waals surface area contributed by atoms with Crippen molar-refractivity contribution in [3.05, 3.63) is 76.5 Å². The number of nitrogens with one attached hydrogen (secondary N) is 1. The van der Waals surface area contributed by atoms with E-state index in [-0.39, 0.29) is 38.6 Å². The number of ether oxygens (including phenoxy) is 2. The van der Waals surface area contributed by atoms with Gasteiger partial charge in [-0.1, -0.05) is 30.0 Å². The zero-order chi connectivity index (χ0) is 31.6. The van der Waals surface area contributed by atoms with Crippen molar-refractivity contribution < 1.29 is 27.8 Å². The third-order valence-electron chi connectivity index (χ3n) is 7.52. The topological polar surface area (TPSA) is 121 Å². The maximum absolute atomic E-state index is 13.7. The van der Waals surface area contributed by atoms with Crippen LogP contribution in [0.15, 0.2) is 48.5 Å². The molecule has 5 rings (SSSR count). The standard InChI is InChI=1S/C33H38N4O6S/c1-33(2,3)44(40,41)37-20-25-18-26(32(39)34-19-23-11-12-28-29(17-23)43-21-42-28)35-31(30(25)27(37)13-15-38)24-10-6-8-22(16-24)9-7-14-36(4)5/h6,8,10-12,16-18,27,38H,13-15,19-21H2,1-5H3,(H,34,39)/t27-/m1/s1. The van der Waals surface area contributed by atoms with E-state index in [2.05, 4.69) is 17.2 Å². The van der Waals surface area contributed by atoms with Gasteiger partial charge in [0.1, 0.15) is 5.69 Å². The Morgan fingerprint density at radius 3 is 2.64 bits per heavy atom. The Bertz CT molecular complexity index is 1740. The molecule has 2 aliphatic heterocycles. The summed E-state index contributed by atoms with van der Waals surface area (Å²) in [5, 5.41) is 13.0. The van der Waals surface area contributed by atoms with E-state index in [4.69, 9.17) is 14.5 Å². The van der Waals surface area contributed by atoms with Crippen LogP contribution >= 0.6 is 0 Å². The summed E-state index contributed by atoms with van der Waals surface area (Å²) < 4.78 is 38.7. The summed E-state index contributed by atoms with van der Waals surface area (Å²) in [4.78, 5) is 20.3. The summed E-state index contributed by atoms with van der Waals surface area (Å²) in [6, 6.07) is 14.0. The Morgan fingerprint density at radius 1 is 1.14 bits per heavy atom. The summed E-state index contributed by atoms with van der Waals surface area (Å²) >= 11 is 0. The van der Waals surface area contributed by atoms with Crippen molar-refractivity contribution in [2.45, 2.75) is 51.1 Å². The first-order valence-corrected chi connectivity index (χ1v) is 15.9. The van der Waals surface area contributed by atoms with Gasteiger partial charge in [0.2, 0.25) is 16.8 Å². The van der Waals surface area contributed by atoms with E-state index < -0.39 is 26.7 Å². The third kappa shape index (κ3) is 6.44. The van der Waals surface area contributed by atoms with Gasteiger partial charge in [-0.05, 0) is 82.7 Å². The number of carbonyl (C=O) groups excluding carboxylic acids is 1. The van der Waals surface area contributed by atoms with Gasteiger partial charge in [-0.3, -0.25) is 9.69 Å². The number of nitrogens with zero attached hydrogens (tertiary/aromatic N) is 3. The van der Waals surface area contributed by atoms with Crippen LogP contribution in [0.1, 0.15) is 66.0 Å². The molecule has 1 aromatic heterocycles. The van der Waals surface area contributed by atoms with Gasteiger partial charge in [0.15, 0.2) is 11.5 Å². The molecule has 2 aliphatic rings. The van der Waals surface area contributed by atoms with Gasteiger partial charge >= 0.3 is 0 Å². The Hall–Kier alpha value is -3.95. The van der Waals surface area contributed by atoms with E-state index in [1.807, 2.05) is 55.4 Å². The quantitative estimate of drug-likeness (QED) is 0.367. The van der Waals surface area contributed by atoms with E-state index in [1.54, 1.807) is 32.9 Å². The van der Waals surface area contributed by atoms with Crippen molar-refractivity contribution in [3.8, 4) is 34.6 Å². The van der Waals surface area contributed by atoms with Crippen LogP contribution in [0.2, 0.25) is 0 Å². The number of hydrogen-bond donors (Lipinski definition) is 2. The number of aliphatic hydroxyl groups excluding tert-OH is 1. The molecule has 10 nitrogen and oxygen atoms in total. The second kappa shape index (κ2) is 12.6. The van der Waals surface area contributed by atoms with Crippen molar-refractivity contribution in [1.29, 1.82) is 0 Å². The molecule has 0 saturated heterocycles. The summed E-state index contributed by atoms with van der Waals surface area (Å²) in [5.74, 6) is 7.19. The number of benzene rings is 2. The number of amides is 1. The predicted octanol–water partition coefficient (Wildman–Crippen LogP) is 3.69. The van der Waals surface area contributed by atoms with Crippen LogP contribution in [-0.4, -0.2) is 72.4 Å². The molecule has 44 heavy (non-hydrogen) atoms. The van der Waals surface area contributed by atoms with Gasteiger partial charge in [0.05, 0.1) is 23.0 Å². The van der Waals surface area contributed by atoms with Crippen molar-refractivity contribution in [1.82, 2.24) is 19.5 Å². The van der Waals surface area contributed by atoms with Crippen LogP contribution in [0.4, 0.5) is 0 Å². The zero-order valence-corrected chi connectivity index (χ0v) is 26.5. The molecule has 232 valence electrons. The molecule has 0 radical (unpaired) electrons. The van der Waals surface area contributed by atoms with Gasteiger partial charge in [-0.15, -0.1) is 0 Å². The Labute approximate surface area is 259 Å². The second-order valence-electron chi connectivity index (χ2n) is 12.1. The minimum absolute atomic E-state index is 0.0693. The molecule has 0 unspecified atom stereocenters. The number of aromatic nitrogens is 1. The van der Waals surface area contributed by atoms with Crippen LogP contribution in [-0.2, 0) is 23.1 Å². The second-order valence-corrected chi connectivity index (χ2v) is 14.8. The van der Waals surface area contributed by atoms with Crippen LogP contribution < -0.4 is 14.8 Å². The molecule has 11 heteroatoms. The lowest BCUT2D eigenvalue weighted by molar-refractivity contribution is 0.0945. The van der Waals surface area contributed by atoms with Gasteiger partial charge in [0, 0.05) is 36.4 Å². The number of fused-ring (bicyclic) bond motifs is 2. The summed E-state index contributed by atoms with van der Waals surface area (Å²) in [6.45, 7) is 5.82. The minimum Gasteiger partial charge on any atom is -0.454 e. The predicted molar refractivity (Wildman–Crippen MR) is 167 cm³/mol. The van der Waals surface area contributed by atoms with E-state index in [9.17, 15) is 18.3 Å². The molecule has 0 bridgehead atoms. The average molecular weight is 619 g/mol. The van der Waals surface area contributed by atoms with E-state index in [1.165, 1.54) is 4.31 Å². The first-order chi connectivity index (χ1) is 20.9. The molecular formula is C33H38N4O6S. The molecule has 0 spiro atoms. The average Bonchev–Trinajstić information content (AvgIpc) is 3.60. The number of hydrogen-bond acceptors (Lipinski definition) is 8. The van der Waals surface area contributed by atoms with Crippen LogP contribution in [0.25, 0.3) is 11.3 Å². The van der Waals surface area contributed by atoms with E-state index >= 15 is 0 Å². The van der Waals surface area contributed by atoms with Gasteiger partial charge in [0.25, 0.3) is 5.91 Å². The Balaban J connectivity index is 1.56. The Kier molecular flexibility index (Phi) is 9.00. The van der Waals surface area contributed by atoms with Crippen molar-refractivity contribution >= 4 is 15.9 Å². The molecular weight excluding hydrogens is 580 g/mol. The van der Waals surface area contributed by atoms with Crippen molar-refractivity contribution in [3.63, 3.8) is 0 Å². The molecule has 0 saturated carbocycles. The van der Waals surface area contributed by atoms with Crippen LogP contribution in [0.5, 0.6) is 11.5 Å². The summed E-state index contributed by atoms with van der Waals surface area (Å²) in [7, 11) is 0.107. The monoisotopic (exact) mass is 618 g/mol. The molecule has 3 aromatic rings. The maximum Gasteiger partial charge on any atom is 0.270 e. The highest BCUT2D eigenvalue weighted by atomic mass is 32.2. The van der Waals surface area contributed by atoms with Crippen LogP contribution in [0.3, 0.4) is 0 Å². The largest absolute Gasteiger partial charge is 0.454 e. The van der Waals surface area contributed by atoms with E-state index in [0.717, 1.165) is 11.1 Å². The van der Waals surface area contributed by atoms with Gasteiger partial charge in [-0.25, -0.2) is 13.4 Å². The van der Waals surface area contributed by atoms with Gasteiger partial charge < -0.3 is 19.9 Å². The van der Waals surface area contributed by atoms with E-state index in [0.29, 0.717) is 40.4 Å². The fraction of sp³-hybridized carbons (Fsp3) is 0.394. The zero-order valence-electron chi connectivity index (χ0n) is 25.7. The smallest absolute Gasteiger partial charge is 0.270 e. The molecule has 2 N–H and O–H groups in total. The highest BCUT2D eigenvalue weighted by Crippen LogP contribution is 2.45. The number of sulfonamides is 1. The summed E-state index contributed by atoms with van der Waals surface area (Å²) in [6.07, 6.45) is 0.189. The normalized spacial score (nSPS) is 16.0. The molecule has 0 fully saturated rings. The van der Waals surface area contributed by atoms with Crippen molar-refractivity contribution in [2.75, 3.05) is 34.0 Å². The number of aliphatic hydroxyl groups is 1. The van der Waals surface area contributed by atoms with Crippen LogP contribution in [0, 0.1) is 11.8 Å². The van der Waals surface area contributed by atoms with Crippen molar-refractivity contribution in [2.24, 2.45) is 0 Å². The Morgan fingerprint density at radius 2 is 1.91 bits per heavy atom. The number of pyridine rings is 1. The lowest BCUT2D eigenvalue weighted by atomic mass is 9.95. The number of carbonyl (C=O) groups is 1. The SMILES string of the molecule is CN(C)CC#Cc1cccc(-c2nc(C(=O)NCc3ccc4c(c3)OCO4)cc3c2[C@@H](CCO)N(S(=O)(=O)C(C)(C)C)C3)c1. The molecule has 1 atom stereocenters. The lowest BCUT2D eigenvalue weighted by Gasteiger charge is -2.31. The highest BCUT2D eigenvalue weighted by molar-refractivity contribution is 7.90. The molecule has 1 amide bonds. The highest BCUT2D eigenvalue weighted by Gasteiger charge is 2.45. The summed E-state index contributed by atoms with van der Waals surface area (Å²) in [5.41, 5.74) is 4.35. The number of rotatable bonds is 8. The fourth-order valence-electron chi connectivity index (χ4n) is 5.25. The molecule has 3 heterocycles. The fourth-order valence-corrected chi connectivity index (χ4v) is 6.81.